The molecule has 1 heterocycles. The molecule has 0 atom stereocenters. The second-order valence-electron chi connectivity index (χ2n) is 3.98. The molecule has 6 heteroatoms. The van der Waals surface area contributed by atoms with E-state index in [1.54, 1.807) is 6.92 Å². The van der Waals surface area contributed by atoms with Crippen LogP contribution in [0, 0.1) is 6.92 Å². The number of rotatable bonds is 3. The molecule has 0 radical (unpaired) electrons. The molecule has 5 nitrogen and oxygen atoms in total. The van der Waals surface area contributed by atoms with Crippen molar-refractivity contribution in [3.63, 3.8) is 0 Å². The summed E-state index contributed by atoms with van der Waals surface area (Å²) in [6, 6.07) is 9.40. The van der Waals surface area contributed by atoms with Crippen molar-refractivity contribution in [2.75, 3.05) is 14.2 Å². The van der Waals surface area contributed by atoms with Gasteiger partial charge in [-0.25, -0.2) is 9.75 Å². The molecule has 0 bridgehead atoms. The second kappa shape index (κ2) is 5.42. The third kappa shape index (κ3) is 2.47. The first kappa shape index (κ1) is 13.6. The van der Waals surface area contributed by atoms with Crippen LogP contribution < -0.4 is 0 Å². The molecule has 100 valence electrons. The average Bonchev–Trinajstić information content (AvgIpc) is 2.73. The Bertz CT molecular complexity index is 595. The zero-order valence-electron chi connectivity index (χ0n) is 10.9. The van der Waals surface area contributed by atoms with E-state index in [0.717, 1.165) is 10.8 Å². The molecule has 1 amide bonds. The molecule has 0 aliphatic heterocycles. The van der Waals surface area contributed by atoms with Gasteiger partial charge in [0.25, 0.3) is 5.91 Å². The fourth-order valence-corrected chi connectivity index (χ4v) is 2.08. The molecule has 1 aromatic heterocycles. The van der Waals surface area contributed by atoms with Crippen molar-refractivity contribution in [1.29, 1.82) is 0 Å². The van der Waals surface area contributed by atoms with Gasteiger partial charge in [0.15, 0.2) is 0 Å². The van der Waals surface area contributed by atoms with Gasteiger partial charge >= 0.3 is 0 Å². The van der Waals surface area contributed by atoms with Gasteiger partial charge in [-0.15, -0.1) is 0 Å². The van der Waals surface area contributed by atoms with Crippen molar-refractivity contribution in [3.8, 4) is 5.69 Å². The lowest BCUT2D eigenvalue weighted by Crippen LogP contribution is -2.26. The van der Waals surface area contributed by atoms with E-state index in [-0.39, 0.29) is 11.1 Å². The minimum atomic E-state index is -0.327. The first-order valence-electron chi connectivity index (χ1n) is 5.69. The Hall–Kier alpha value is -1.85. The van der Waals surface area contributed by atoms with Gasteiger partial charge in [0, 0.05) is 7.05 Å². The summed E-state index contributed by atoms with van der Waals surface area (Å²) in [5, 5.41) is 5.69. The Kier molecular flexibility index (Phi) is 3.87. The molecular weight excluding hydrogens is 266 g/mol. The van der Waals surface area contributed by atoms with Gasteiger partial charge in [0.05, 0.1) is 18.5 Å². The summed E-state index contributed by atoms with van der Waals surface area (Å²) >= 11 is 6.26. The van der Waals surface area contributed by atoms with E-state index in [2.05, 4.69) is 5.10 Å². The monoisotopic (exact) mass is 279 g/mol. The molecule has 1 aromatic carbocycles. The maximum atomic E-state index is 12.1. The standard InChI is InChI=1S/C13H14ClN3O2/c1-9-11(13(18)16(2)19-3)12(14)17(15-9)10-7-5-4-6-8-10/h4-8H,1-3H3. The summed E-state index contributed by atoms with van der Waals surface area (Å²) in [5.74, 6) is -0.327. The lowest BCUT2D eigenvalue weighted by molar-refractivity contribution is -0.0757. The number of hydrogen-bond acceptors (Lipinski definition) is 3. The first-order valence-corrected chi connectivity index (χ1v) is 6.06. The quantitative estimate of drug-likeness (QED) is 0.811. The largest absolute Gasteiger partial charge is 0.282 e. The Morgan fingerprint density at radius 3 is 2.58 bits per heavy atom. The summed E-state index contributed by atoms with van der Waals surface area (Å²) < 4.78 is 1.54. The van der Waals surface area contributed by atoms with E-state index < -0.39 is 0 Å². The molecule has 0 unspecified atom stereocenters. The van der Waals surface area contributed by atoms with Crippen molar-refractivity contribution >= 4 is 17.5 Å². The van der Waals surface area contributed by atoms with E-state index in [1.165, 1.54) is 18.8 Å². The van der Waals surface area contributed by atoms with Crippen LogP contribution in [0.2, 0.25) is 5.15 Å². The summed E-state index contributed by atoms with van der Waals surface area (Å²) in [6.07, 6.45) is 0. The van der Waals surface area contributed by atoms with Gasteiger partial charge in [-0.05, 0) is 19.1 Å². The second-order valence-corrected chi connectivity index (χ2v) is 4.34. The number of carbonyl (C=O) groups excluding carboxylic acids is 1. The Balaban J connectivity index is 2.49. The molecule has 0 N–H and O–H groups in total. The maximum absolute atomic E-state index is 12.1. The van der Waals surface area contributed by atoms with Crippen LogP contribution in [0.5, 0.6) is 0 Å². The number of amides is 1. The van der Waals surface area contributed by atoms with Crippen molar-refractivity contribution in [1.82, 2.24) is 14.8 Å². The van der Waals surface area contributed by atoms with E-state index in [1.807, 2.05) is 30.3 Å². The third-order valence-electron chi connectivity index (χ3n) is 2.78. The minimum absolute atomic E-state index is 0.276. The predicted molar refractivity (Wildman–Crippen MR) is 72.4 cm³/mol. The fraction of sp³-hybridized carbons (Fsp3) is 0.231. The summed E-state index contributed by atoms with van der Waals surface area (Å²) in [4.78, 5) is 17.0. The zero-order valence-corrected chi connectivity index (χ0v) is 11.7. The van der Waals surface area contributed by atoms with Crippen molar-refractivity contribution in [3.05, 3.63) is 46.7 Å². The Morgan fingerprint density at radius 2 is 2.00 bits per heavy atom. The number of aryl methyl sites for hydroxylation is 1. The van der Waals surface area contributed by atoms with Gasteiger partial charge in [-0.3, -0.25) is 9.63 Å². The number of benzene rings is 1. The SMILES string of the molecule is CON(C)C(=O)c1c(C)nn(-c2ccccc2)c1Cl. The molecule has 19 heavy (non-hydrogen) atoms. The van der Waals surface area contributed by atoms with E-state index in [0.29, 0.717) is 11.3 Å². The van der Waals surface area contributed by atoms with Gasteiger partial charge in [0.2, 0.25) is 0 Å². The number of hydroxylamine groups is 2. The van der Waals surface area contributed by atoms with Gasteiger partial charge < -0.3 is 0 Å². The van der Waals surface area contributed by atoms with E-state index in [9.17, 15) is 4.79 Å². The van der Waals surface area contributed by atoms with Crippen LogP contribution in [-0.4, -0.2) is 34.9 Å². The highest BCUT2D eigenvalue weighted by Crippen LogP contribution is 2.24. The Morgan fingerprint density at radius 1 is 1.37 bits per heavy atom. The average molecular weight is 280 g/mol. The lowest BCUT2D eigenvalue weighted by atomic mass is 10.2. The smallest absolute Gasteiger partial charge is 0.274 e. The summed E-state index contributed by atoms with van der Waals surface area (Å²) in [5.41, 5.74) is 1.70. The van der Waals surface area contributed by atoms with Crippen LogP contribution in [0.1, 0.15) is 16.1 Å². The normalized spacial score (nSPS) is 10.5. The van der Waals surface area contributed by atoms with Crippen LogP contribution in [0.25, 0.3) is 5.69 Å². The van der Waals surface area contributed by atoms with Crippen LogP contribution in [0.15, 0.2) is 30.3 Å². The molecule has 0 aliphatic carbocycles. The number of carbonyl (C=O) groups is 1. The highest BCUT2D eigenvalue weighted by atomic mass is 35.5. The van der Waals surface area contributed by atoms with Gasteiger partial charge in [0.1, 0.15) is 10.7 Å². The van der Waals surface area contributed by atoms with Crippen LogP contribution in [0.4, 0.5) is 0 Å². The van der Waals surface area contributed by atoms with Crippen LogP contribution in [-0.2, 0) is 4.84 Å². The number of hydrogen-bond donors (Lipinski definition) is 0. The highest BCUT2D eigenvalue weighted by molar-refractivity contribution is 6.33. The number of aromatic nitrogens is 2. The number of halogens is 1. The van der Waals surface area contributed by atoms with Crippen molar-refractivity contribution in [2.24, 2.45) is 0 Å². The van der Waals surface area contributed by atoms with Crippen LogP contribution >= 0.6 is 11.6 Å². The maximum Gasteiger partial charge on any atom is 0.282 e. The summed E-state index contributed by atoms with van der Waals surface area (Å²) in [6.45, 7) is 1.74. The summed E-state index contributed by atoms with van der Waals surface area (Å²) in [7, 11) is 2.95. The van der Waals surface area contributed by atoms with Crippen molar-refractivity contribution < 1.29 is 9.63 Å². The van der Waals surface area contributed by atoms with E-state index in [4.69, 9.17) is 16.4 Å². The molecule has 2 rings (SSSR count). The predicted octanol–water partition coefficient (Wildman–Crippen LogP) is 2.47. The minimum Gasteiger partial charge on any atom is -0.274 e. The third-order valence-corrected chi connectivity index (χ3v) is 3.13. The highest BCUT2D eigenvalue weighted by Gasteiger charge is 2.23. The molecule has 0 aliphatic rings. The molecule has 0 spiro atoms. The topological polar surface area (TPSA) is 47.4 Å². The molecule has 0 saturated carbocycles. The fourth-order valence-electron chi connectivity index (χ4n) is 1.72. The van der Waals surface area contributed by atoms with E-state index >= 15 is 0 Å². The number of para-hydroxylation sites is 1. The molecule has 2 aromatic rings. The molecular formula is C13H14ClN3O2. The zero-order chi connectivity index (χ0) is 14.0. The molecule has 0 saturated heterocycles. The number of nitrogens with zero attached hydrogens (tertiary/aromatic N) is 3. The van der Waals surface area contributed by atoms with Gasteiger partial charge in [-0.1, -0.05) is 29.8 Å². The van der Waals surface area contributed by atoms with Crippen LogP contribution in [0.3, 0.4) is 0 Å². The first-order chi connectivity index (χ1) is 9.06. The van der Waals surface area contributed by atoms with Gasteiger partial charge in [-0.2, -0.15) is 5.10 Å². The van der Waals surface area contributed by atoms with Crippen molar-refractivity contribution in [2.45, 2.75) is 6.92 Å². The lowest BCUT2D eigenvalue weighted by Gasteiger charge is -2.13. The Labute approximate surface area is 116 Å². The molecule has 0 fully saturated rings.